The van der Waals surface area contributed by atoms with Crippen LogP contribution in [0.5, 0.6) is 0 Å². The van der Waals surface area contributed by atoms with Gasteiger partial charge in [-0.25, -0.2) is 4.79 Å². The Hall–Kier alpha value is -0.730. The summed E-state index contributed by atoms with van der Waals surface area (Å²) < 4.78 is 0. The van der Waals surface area contributed by atoms with E-state index in [-0.39, 0.29) is 17.0 Å². The zero-order chi connectivity index (χ0) is 12.8. The highest BCUT2D eigenvalue weighted by molar-refractivity contribution is 5.74. The minimum absolute atomic E-state index is 0.0556. The van der Waals surface area contributed by atoms with Gasteiger partial charge < -0.3 is 10.6 Å². The third-order valence-electron chi connectivity index (χ3n) is 3.01. The molecular weight excluding hydrogens is 200 g/mol. The van der Waals surface area contributed by atoms with E-state index in [1.165, 1.54) is 0 Å². The number of rotatable bonds is 6. The molecule has 3 nitrogen and oxygen atoms in total. The Kier molecular flexibility index (Phi) is 5.84. The molecule has 0 aromatic carbocycles. The molecule has 96 valence electrons. The predicted molar refractivity (Wildman–Crippen MR) is 69.6 cm³/mol. The topological polar surface area (TPSA) is 41.1 Å². The molecule has 16 heavy (non-hydrogen) atoms. The number of nitrogens with one attached hydrogen (secondary N) is 2. The Balaban J connectivity index is 4.00. The molecule has 0 aliphatic heterocycles. The van der Waals surface area contributed by atoms with E-state index in [9.17, 15) is 4.79 Å². The lowest BCUT2D eigenvalue weighted by Crippen LogP contribution is -2.49. The summed E-state index contributed by atoms with van der Waals surface area (Å²) in [7, 11) is 0. The number of hydrogen-bond donors (Lipinski definition) is 2. The van der Waals surface area contributed by atoms with Crippen LogP contribution >= 0.6 is 0 Å². The molecule has 2 N–H and O–H groups in total. The van der Waals surface area contributed by atoms with Crippen molar-refractivity contribution in [3.05, 3.63) is 0 Å². The average Bonchev–Trinajstić information content (AvgIpc) is 2.14. The van der Waals surface area contributed by atoms with Crippen molar-refractivity contribution in [1.29, 1.82) is 0 Å². The predicted octanol–water partition coefficient (Wildman–Crippen LogP) is 3.30. The molecule has 0 aliphatic carbocycles. The van der Waals surface area contributed by atoms with Crippen LogP contribution in [0.25, 0.3) is 0 Å². The second kappa shape index (κ2) is 6.12. The van der Waals surface area contributed by atoms with Gasteiger partial charge in [0.2, 0.25) is 0 Å². The van der Waals surface area contributed by atoms with Crippen molar-refractivity contribution in [3.8, 4) is 0 Å². The van der Waals surface area contributed by atoms with Crippen LogP contribution in [0.15, 0.2) is 0 Å². The van der Waals surface area contributed by atoms with Gasteiger partial charge in [-0.3, -0.25) is 0 Å². The highest BCUT2D eigenvalue weighted by atomic mass is 16.2. The van der Waals surface area contributed by atoms with Crippen LogP contribution in [-0.4, -0.2) is 18.1 Å². The van der Waals surface area contributed by atoms with Gasteiger partial charge in [-0.05, 0) is 32.1 Å². The van der Waals surface area contributed by atoms with Crippen molar-refractivity contribution >= 4 is 6.03 Å². The van der Waals surface area contributed by atoms with Crippen LogP contribution in [-0.2, 0) is 0 Å². The molecule has 0 atom stereocenters. The number of urea groups is 1. The van der Waals surface area contributed by atoms with Crippen LogP contribution in [0.2, 0.25) is 0 Å². The van der Waals surface area contributed by atoms with Crippen LogP contribution in [0.4, 0.5) is 4.79 Å². The molecule has 0 spiro atoms. The maximum Gasteiger partial charge on any atom is 0.315 e. The van der Waals surface area contributed by atoms with Crippen molar-refractivity contribution in [3.63, 3.8) is 0 Å². The fraction of sp³-hybridized carbons (Fsp3) is 0.923. The molecule has 0 aliphatic rings. The molecular formula is C13H28N2O. The lowest BCUT2D eigenvalue weighted by atomic mass is 9.90. The van der Waals surface area contributed by atoms with Gasteiger partial charge in [-0.2, -0.15) is 0 Å². The summed E-state index contributed by atoms with van der Waals surface area (Å²) >= 11 is 0. The molecule has 2 amide bonds. The first-order valence-corrected chi connectivity index (χ1v) is 6.28. The second-order valence-electron chi connectivity index (χ2n) is 5.96. The SMILES string of the molecule is CCCC(C)(C)NC(=O)NCC(C)(C)CC. The lowest BCUT2D eigenvalue weighted by Gasteiger charge is -2.28. The molecule has 0 aromatic heterocycles. The lowest BCUT2D eigenvalue weighted by molar-refractivity contribution is 0.220. The minimum atomic E-state index is -0.116. The highest BCUT2D eigenvalue weighted by Crippen LogP contribution is 2.17. The molecule has 0 rings (SSSR count). The maximum absolute atomic E-state index is 11.7. The number of carbonyl (C=O) groups excluding carboxylic acids is 1. The fourth-order valence-corrected chi connectivity index (χ4v) is 1.48. The van der Waals surface area contributed by atoms with Crippen LogP contribution in [0, 0.1) is 5.41 Å². The zero-order valence-corrected chi connectivity index (χ0v) is 11.7. The van der Waals surface area contributed by atoms with E-state index < -0.39 is 0 Å². The fourth-order valence-electron chi connectivity index (χ4n) is 1.48. The Morgan fingerprint density at radius 3 is 2.12 bits per heavy atom. The third kappa shape index (κ3) is 6.70. The van der Waals surface area contributed by atoms with E-state index in [2.05, 4.69) is 52.2 Å². The van der Waals surface area contributed by atoms with E-state index in [1.807, 2.05) is 0 Å². The molecule has 0 unspecified atom stereocenters. The number of hydrogen-bond acceptors (Lipinski definition) is 1. The van der Waals surface area contributed by atoms with Crippen molar-refractivity contribution in [2.24, 2.45) is 5.41 Å². The first kappa shape index (κ1) is 15.3. The standard InChI is InChI=1S/C13H28N2O/c1-7-9-13(5,6)15-11(16)14-10-12(3,4)8-2/h7-10H2,1-6H3,(H2,14,15,16). The van der Waals surface area contributed by atoms with Gasteiger partial charge in [0.05, 0.1) is 0 Å². The molecule has 0 fully saturated rings. The largest absolute Gasteiger partial charge is 0.338 e. The van der Waals surface area contributed by atoms with Gasteiger partial charge in [0, 0.05) is 12.1 Å². The summed E-state index contributed by atoms with van der Waals surface area (Å²) in [6.45, 7) is 13.4. The van der Waals surface area contributed by atoms with Crippen molar-refractivity contribution in [2.75, 3.05) is 6.54 Å². The van der Waals surface area contributed by atoms with Crippen molar-refractivity contribution < 1.29 is 4.79 Å². The van der Waals surface area contributed by atoms with E-state index in [1.54, 1.807) is 0 Å². The summed E-state index contributed by atoms with van der Waals surface area (Å²) in [5.74, 6) is 0. The summed E-state index contributed by atoms with van der Waals surface area (Å²) in [5.41, 5.74) is 0.0570. The van der Waals surface area contributed by atoms with Crippen molar-refractivity contribution in [2.45, 2.75) is 66.3 Å². The molecule has 0 bridgehead atoms. The van der Waals surface area contributed by atoms with E-state index >= 15 is 0 Å². The van der Waals surface area contributed by atoms with Gasteiger partial charge in [0.25, 0.3) is 0 Å². The maximum atomic E-state index is 11.7. The highest BCUT2D eigenvalue weighted by Gasteiger charge is 2.21. The smallest absolute Gasteiger partial charge is 0.315 e. The average molecular weight is 228 g/mol. The molecule has 0 saturated heterocycles. The first-order valence-electron chi connectivity index (χ1n) is 6.28. The Morgan fingerprint density at radius 1 is 1.12 bits per heavy atom. The van der Waals surface area contributed by atoms with Crippen molar-refractivity contribution in [1.82, 2.24) is 10.6 Å². The number of carbonyl (C=O) groups is 1. The molecule has 0 heterocycles. The van der Waals surface area contributed by atoms with Gasteiger partial charge in [0.1, 0.15) is 0 Å². The minimum Gasteiger partial charge on any atom is -0.338 e. The monoisotopic (exact) mass is 228 g/mol. The van der Waals surface area contributed by atoms with Crippen LogP contribution < -0.4 is 10.6 Å². The van der Waals surface area contributed by atoms with E-state index in [0.717, 1.165) is 25.8 Å². The van der Waals surface area contributed by atoms with Gasteiger partial charge in [-0.1, -0.05) is 34.1 Å². The quantitative estimate of drug-likeness (QED) is 0.719. The molecule has 3 heteroatoms. The Morgan fingerprint density at radius 2 is 1.69 bits per heavy atom. The Bertz CT molecular complexity index is 222. The van der Waals surface area contributed by atoms with Crippen LogP contribution in [0.3, 0.4) is 0 Å². The molecule has 0 aromatic rings. The first-order chi connectivity index (χ1) is 7.22. The number of amides is 2. The molecule has 0 saturated carbocycles. The third-order valence-corrected chi connectivity index (χ3v) is 3.01. The normalized spacial score (nSPS) is 12.4. The second-order valence-corrected chi connectivity index (χ2v) is 5.96. The summed E-state index contributed by atoms with van der Waals surface area (Å²) in [6, 6.07) is -0.0556. The van der Waals surface area contributed by atoms with Gasteiger partial charge in [-0.15, -0.1) is 0 Å². The molecule has 0 radical (unpaired) electrons. The summed E-state index contributed by atoms with van der Waals surface area (Å²) in [5, 5.41) is 5.94. The zero-order valence-electron chi connectivity index (χ0n) is 11.7. The van der Waals surface area contributed by atoms with E-state index in [4.69, 9.17) is 0 Å². The summed E-state index contributed by atoms with van der Waals surface area (Å²) in [4.78, 5) is 11.7. The summed E-state index contributed by atoms with van der Waals surface area (Å²) in [6.07, 6.45) is 3.14. The van der Waals surface area contributed by atoms with Gasteiger partial charge >= 0.3 is 6.03 Å². The Labute approximate surface area is 100 Å². The van der Waals surface area contributed by atoms with Crippen LogP contribution in [0.1, 0.15) is 60.8 Å². The van der Waals surface area contributed by atoms with E-state index in [0.29, 0.717) is 0 Å². The van der Waals surface area contributed by atoms with Gasteiger partial charge in [0.15, 0.2) is 0 Å².